The lowest BCUT2D eigenvalue weighted by Crippen LogP contribution is -2.51. The van der Waals surface area contributed by atoms with Crippen molar-refractivity contribution < 1.29 is 9.53 Å². The van der Waals surface area contributed by atoms with E-state index in [4.69, 9.17) is 4.74 Å². The molecule has 0 aromatic heterocycles. The molecule has 4 nitrogen and oxygen atoms in total. The Hall–Kier alpha value is -0.610. The molecule has 4 heteroatoms. The molecule has 4 unspecified atom stereocenters. The van der Waals surface area contributed by atoms with E-state index < -0.39 is 5.54 Å². The van der Waals surface area contributed by atoms with Crippen molar-refractivity contribution in [2.45, 2.75) is 58.0 Å². The zero-order valence-corrected chi connectivity index (χ0v) is 13.4. The summed E-state index contributed by atoms with van der Waals surface area (Å²) in [4.78, 5) is 14.8. The Morgan fingerprint density at radius 1 is 1.35 bits per heavy atom. The topological polar surface area (TPSA) is 41.6 Å². The highest BCUT2D eigenvalue weighted by atomic mass is 16.5. The summed E-state index contributed by atoms with van der Waals surface area (Å²) < 4.78 is 5.27. The summed E-state index contributed by atoms with van der Waals surface area (Å²) in [5, 5.41) is 3.25. The quantitative estimate of drug-likeness (QED) is 0.801. The van der Waals surface area contributed by atoms with Gasteiger partial charge in [0.15, 0.2) is 0 Å². The molecule has 4 atom stereocenters. The van der Waals surface area contributed by atoms with Crippen LogP contribution in [-0.4, -0.2) is 49.2 Å². The van der Waals surface area contributed by atoms with Crippen LogP contribution in [-0.2, 0) is 9.53 Å². The van der Waals surface area contributed by atoms with E-state index in [-0.39, 0.29) is 5.97 Å². The van der Waals surface area contributed by atoms with Crippen molar-refractivity contribution in [3.05, 3.63) is 0 Å². The minimum absolute atomic E-state index is 0.0663. The Morgan fingerprint density at radius 3 is 2.70 bits per heavy atom. The molecule has 0 bridgehead atoms. The van der Waals surface area contributed by atoms with Crippen molar-refractivity contribution in [3.63, 3.8) is 0 Å². The maximum Gasteiger partial charge on any atom is 0.326 e. The molecule has 20 heavy (non-hydrogen) atoms. The molecule has 1 aliphatic heterocycles. The summed E-state index contributed by atoms with van der Waals surface area (Å²) in [7, 11) is 1.89. The molecular weight excluding hydrogens is 252 g/mol. The normalized spacial score (nSPS) is 38.9. The Morgan fingerprint density at radius 2 is 2.10 bits per heavy atom. The molecular formula is C16H30N2O2. The Labute approximate surface area is 123 Å². The van der Waals surface area contributed by atoms with E-state index in [0.29, 0.717) is 12.6 Å². The molecule has 1 aliphatic carbocycles. The van der Waals surface area contributed by atoms with E-state index in [1.807, 2.05) is 14.0 Å². The highest BCUT2D eigenvalue weighted by molar-refractivity contribution is 5.81. The fourth-order valence-electron chi connectivity index (χ4n) is 3.74. The first-order chi connectivity index (χ1) is 9.52. The van der Waals surface area contributed by atoms with Gasteiger partial charge in [0, 0.05) is 12.6 Å². The average molecular weight is 282 g/mol. The molecule has 1 N–H and O–H groups in total. The second-order valence-electron chi connectivity index (χ2n) is 6.69. The number of ether oxygens (including phenoxy) is 1. The third kappa shape index (κ3) is 3.01. The summed E-state index contributed by atoms with van der Waals surface area (Å²) in [6, 6.07) is 0.529. The number of carbonyl (C=O) groups excluding carboxylic acids is 1. The Bertz CT molecular complexity index is 347. The number of rotatable bonds is 4. The lowest BCUT2D eigenvalue weighted by Gasteiger charge is -2.39. The number of hydrogen-bond donors (Lipinski definition) is 1. The lowest BCUT2D eigenvalue weighted by molar-refractivity contribution is -0.151. The largest absolute Gasteiger partial charge is 0.465 e. The van der Waals surface area contributed by atoms with Gasteiger partial charge in [0.1, 0.15) is 5.54 Å². The van der Waals surface area contributed by atoms with E-state index in [9.17, 15) is 4.79 Å². The van der Waals surface area contributed by atoms with Crippen molar-refractivity contribution in [2.75, 3.05) is 26.7 Å². The second kappa shape index (κ2) is 6.44. The van der Waals surface area contributed by atoms with Gasteiger partial charge in [0.05, 0.1) is 6.61 Å². The van der Waals surface area contributed by atoms with Crippen LogP contribution in [0.3, 0.4) is 0 Å². The number of piperidine rings is 1. The first kappa shape index (κ1) is 15.8. The highest BCUT2D eigenvalue weighted by Crippen LogP contribution is 2.36. The molecule has 2 aliphatic rings. The van der Waals surface area contributed by atoms with Crippen LogP contribution in [0.4, 0.5) is 0 Å². The minimum atomic E-state index is -0.451. The van der Waals surface area contributed by atoms with Crippen molar-refractivity contribution in [1.82, 2.24) is 10.2 Å². The standard InChI is InChI=1S/C16H30N2O2/c1-5-20-15(19)16(17-4)8-6-14(10-16)18-9-7-12(2)13(3)11-18/h12-14,17H,5-11H2,1-4H3. The molecule has 0 amide bonds. The fraction of sp³-hybridized carbons (Fsp3) is 0.938. The molecule has 0 radical (unpaired) electrons. The number of nitrogens with one attached hydrogen (secondary N) is 1. The number of likely N-dealkylation sites (tertiary alicyclic amines) is 1. The number of carbonyl (C=O) groups is 1. The van der Waals surface area contributed by atoms with E-state index >= 15 is 0 Å². The Kier molecular flexibility index (Phi) is 5.08. The van der Waals surface area contributed by atoms with Gasteiger partial charge in [-0.1, -0.05) is 13.8 Å². The van der Waals surface area contributed by atoms with Gasteiger partial charge in [-0.2, -0.15) is 0 Å². The summed E-state index contributed by atoms with van der Waals surface area (Å²) in [5.41, 5.74) is -0.451. The summed E-state index contributed by atoms with van der Waals surface area (Å²) >= 11 is 0. The van der Waals surface area contributed by atoms with E-state index in [1.54, 1.807) is 0 Å². The fourth-order valence-corrected chi connectivity index (χ4v) is 3.74. The molecule has 0 spiro atoms. The molecule has 116 valence electrons. The molecule has 2 fully saturated rings. The smallest absolute Gasteiger partial charge is 0.326 e. The van der Waals surface area contributed by atoms with Crippen LogP contribution >= 0.6 is 0 Å². The van der Waals surface area contributed by atoms with Gasteiger partial charge in [-0.15, -0.1) is 0 Å². The molecule has 0 aromatic carbocycles. The maximum atomic E-state index is 12.2. The van der Waals surface area contributed by atoms with Gasteiger partial charge < -0.3 is 15.0 Å². The maximum absolute atomic E-state index is 12.2. The van der Waals surface area contributed by atoms with Gasteiger partial charge in [-0.3, -0.25) is 4.79 Å². The molecule has 1 heterocycles. The number of hydrogen-bond acceptors (Lipinski definition) is 4. The van der Waals surface area contributed by atoms with Crippen molar-refractivity contribution >= 4 is 5.97 Å². The molecule has 0 aromatic rings. The first-order valence-electron chi connectivity index (χ1n) is 8.12. The molecule has 1 saturated carbocycles. The number of esters is 1. The van der Waals surface area contributed by atoms with E-state index in [0.717, 1.165) is 31.1 Å². The first-order valence-corrected chi connectivity index (χ1v) is 8.12. The molecule has 1 saturated heterocycles. The van der Waals surface area contributed by atoms with Gasteiger partial charge in [0.2, 0.25) is 0 Å². The molecule has 2 rings (SSSR count). The van der Waals surface area contributed by atoms with Crippen LogP contribution < -0.4 is 5.32 Å². The van der Waals surface area contributed by atoms with Gasteiger partial charge >= 0.3 is 5.97 Å². The SMILES string of the molecule is CCOC(=O)C1(NC)CCC(N2CCC(C)C(C)C2)C1. The van der Waals surface area contributed by atoms with E-state index in [2.05, 4.69) is 24.1 Å². The monoisotopic (exact) mass is 282 g/mol. The third-order valence-electron chi connectivity index (χ3n) is 5.52. The van der Waals surface area contributed by atoms with Crippen LogP contribution in [0.15, 0.2) is 0 Å². The zero-order chi connectivity index (χ0) is 14.8. The van der Waals surface area contributed by atoms with Crippen LogP contribution in [0, 0.1) is 11.8 Å². The van der Waals surface area contributed by atoms with E-state index in [1.165, 1.54) is 19.5 Å². The summed E-state index contributed by atoms with van der Waals surface area (Å²) in [5.74, 6) is 1.52. The van der Waals surface area contributed by atoms with Crippen molar-refractivity contribution in [1.29, 1.82) is 0 Å². The zero-order valence-electron chi connectivity index (χ0n) is 13.4. The number of likely N-dealkylation sites (N-methyl/N-ethyl adjacent to an activating group) is 1. The van der Waals surface area contributed by atoms with Crippen LogP contribution in [0.25, 0.3) is 0 Å². The highest BCUT2D eigenvalue weighted by Gasteiger charge is 2.47. The number of nitrogens with zero attached hydrogens (tertiary/aromatic N) is 1. The predicted octanol–water partition coefficient (Wildman–Crippen LogP) is 2.04. The van der Waals surface area contributed by atoms with Crippen molar-refractivity contribution in [3.8, 4) is 0 Å². The average Bonchev–Trinajstić information content (AvgIpc) is 2.88. The minimum Gasteiger partial charge on any atom is -0.465 e. The Balaban J connectivity index is 1.98. The summed E-state index contributed by atoms with van der Waals surface area (Å²) in [6.07, 6.45) is 4.17. The van der Waals surface area contributed by atoms with Gasteiger partial charge in [-0.05, 0) is 58.0 Å². The van der Waals surface area contributed by atoms with Crippen molar-refractivity contribution in [2.24, 2.45) is 11.8 Å². The second-order valence-corrected chi connectivity index (χ2v) is 6.69. The third-order valence-corrected chi connectivity index (χ3v) is 5.52. The van der Waals surface area contributed by atoms with Gasteiger partial charge in [0.25, 0.3) is 0 Å². The van der Waals surface area contributed by atoms with Crippen LogP contribution in [0.2, 0.25) is 0 Å². The predicted molar refractivity (Wildman–Crippen MR) is 80.6 cm³/mol. The summed E-state index contributed by atoms with van der Waals surface area (Å²) in [6.45, 7) is 9.40. The lowest BCUT2D eigenvalue weighted by atomic mass is 9.87. The van der Waals surface area contributed by atoms with Gasteiger partial charge in [-0.25, -0.2) is 0 Å². The van der Waals surface area contributed by atoms with Crippen LogP contribution in [0.1, 0.15) is 46.5 Å². The van der Waals surface area contributed by atoms with Crippen LogP contribution in [0.5, 0.6) is 0 Å².